The van der Waals surface area contributed by atoms with Crippen LogP contribution in [0.4, 0.5) is 10.3 Å². The third kappa shape index (κ3) is 2.44. The fraction of sp³-hybridized carbons (Fsp3) is 0.500. The lowest BCUT2D eigenvalue weighted by molar-refractivity contribution is 0.371. The number of aromatic nitrogens is 2. The molecule has 1 fully saturated rings. The van der Waals surface area contributed by atoms with Gasteiger partial charge >= 0.3 is 0 Å². The molecule has 2 unspecified atom stereocenters. The summed E-state index contributed by atoms with van der Waals surface area (Å²) in [6, 6.07) is 3.56. The molecule has 0 bridgehead atoms. The van der Waals surface area contributed by atoms with Crippen LogP contribution in [-0.4, -0.2) is 21.1 Å². The lowest BCUT2D eigenvalue weighted by Crippen LogP contribution is -2.21. The predicted molar refractivity (Wildman–Crippen MR) is 86.6 cm³/mol. The summed E-state index contributed by atoms with van der Waals surface area (Å²) in [6.07, 6.45) is 6.76. The average Bonchev–Trinajstić information content (AvgIpc) is 2.74. The van der Waals surface area contributed by atoms with Gasteiger partial charge < -0.3 is 10.3 Å². The fourth-order valence-corrected chi connectivity index (χ4v) is 4.21. The summed E-state index contributed by atoms with van der Waals surface area (Å²) < 4.78 is 16.3. The van der Waals surface area contributed by atoms with Gasteiger partial charge in [-0.2, -0.15) is 11.8 Å². The molecule has 1 heterocycles. The number of thioether (sulfide) groups is 1. The number of halogens is 2. The van der Waals surface area contributed by atoms with Crippen molar-refractivity contribution < 1.29 is 4.39 Å². The zero-order chi connectivity index (χ0) is 14.3. The van der Waals surface area contributed by atoms with Crippen molar-refractivity contribution >= 4 is 44.7 Å². The van der Waals surface area contributed by atoms with Gasteiger partial charge in [-0.1, -0.05) is 6.42 Å². The molecule has 6 heteroatoms. The largest absolute Gasteiger partial charge is 0.369 e. The van der Waals surface area contributed by atoms with E-state index in [-0.39, 0.29) is 5.82 Å². The monoisotopic (exact) mass is 357 g/mol. The standard InChI is InChI=1S/C14H17BrFN3S/c1-20-9-4-2-3-8(5-9)19-13-7-11(16)10(15)6-12(13)18-14(19)17/h6-9H,2-5H2,1H3,(H2,17,18). The number of nitrogen functional groups attached to an aromatic ring is 1. The maximum Gasteiger partial charge on any atom is 0.201 e. The van der Waals surface area contributed by atoms with Gasteiger partial charge in [0.1, 0.15) is 5.82 Å². The molecule has 1 aromatic heterocycles. The molecule has 2 N–H and O–H groups in total. The minimum Gasteiger partial charge on any atom is -0.369 e. The highest BCUT2D eigenvalue weighted by Crippen LogP contribution is 2.38. The first kappa shape index (κ1) is 14.2. The third-order valence-corrected chi connectivity index (χ3v) is 5.76. The molecular formula is C14H17BrFN3S. The van der Waals surface area contributed by atoms with Gasteiger partial charge in [0, 0.05) is 17.4 Å². The van der Waals surface area contributed by atoms with Crippen LogP contribution in [0.2, 0.25) is 0 Å². The van der Waals surface area contributed by atoms with Gasteiger partial charge in [-0.3, -0.25) is 0 Å². The average molecular weight is 358 g/mol. The molecule has 2 aromatic rings. The van der Waals surface area contributed by atoms with Gasteiger partial charge in [0.15, 0.2) is 0 Å². The van der Waals surface area contributed by atoms with Crippen LogP contribution in [0.15, 0.2) is 16.6 Å². The Kier molecular flexibility index (Phi) is 3.95. The molecule has 1 aromatic carbocycles. The van der Waals surface area contributed by atoms with Crippen molar-refractivity contribution in [3.05, 3.63) is 22.4 Å². The van der Waals surface area contributed by atoms with Gasteiger partial charge in [-0.05, 0) is 47.5 Å². The molecule has 0 aliphatic heterocycles. The molecule has 0 spiro atoms. The molecule has 108 valence electrons. The fourth-order valence-electron chi connectivity index (χ4n) is 3.06. The molecule has 0 saturated heterocycles. The van der Waals surface area contributed by atoms with Crippen LogP contribution in [0, 0.1) is 5.82 Å². The Labute approximate surface area is 130 Å². The van der Waals surface area contributed by atoms with Gasteiger partial charge in [-0.25, -0.2) is 9.37 Å². The first-order chi connectivity index (χ1) is 9.60. The SMILES string of the molecule is CSC1CCCC(n2c(N)nc3cc(Br)c(F)cc32)C1. The Morgan fingerprint density at radius 3 is 3.00 bits per heavy atom. The van der Waals surface area contributed by atoms with Crippen molar-refractivity contribution in [2.24, 2.45) is 0 Å². The maximum atomic E-state index is 13.8. The van der Waals surface area contributed by atoms with E-state index in [4.69, 9.17) is 5.73 Å². The second-order valence-corrected chi connectivity index (χ2v) is 7.27. The van der Waals surface area contributed by atoms with Crippen LogP contribution in [0.5, 0.6) is 0 Å². The lowest BCUT2D eigenvalue weighted by Gasteiger charge is -2.29. The van der Waals surface area contributed by atoms with E-state index >= 15 is 0 Å². The van der Waals surface area contributed by atoms with E-state index in [9.17, 15) is 4.39 Å². The van der Waals surface area contributed by atoms with Gasteiger partial charge in [0.2, 0.25) is 5.95 Å². The van der Waals surface area contributed by atoms with Crippen LogP contribution >= 0.6 is 27.7 Å². The normalized spacial score (nSPS) is 23.4. The van der Waals surface area contributed by atoms with E-state index in [2.05, 4.69) is 27.2 Å². The Balaban J connectivity index is 2.06. The quantitative estimate of drug-likeness (QED) is 0.867. The molecule has 0 radical (unpaired) electrons. The Hall–Kier alpha value is -0.750. The summed E-state index contributed by atoms with van der Waals surface area (Å²) in [5.74, 6) is 0.222. The van der Waals surface area contributed by atoms with Crippen molar-refractivity contribution in [3.8, 4) is 0 Å². The summed E-state index contributed by atoms with van der Waals surface area (Å²) in [4.78, 5) is 4.38. The molecular weight excluding hydrogens is 341 g/mol. The van der Waals surface area contributed by atoms with E-state index < -0.39 is 0 Å². The van der Waals surface area contributed by atoms with Gasteiger partial charge in [-0.15, -0.1) is 0 Å². The molecule has 1 saturated carbocycles. The second-order valence-electron chi connectivity index (χ2n) is 5.27. The Bertz CT molecular complexity index is 643. The highest BCUT2D eigenvalue weighted by atomic mass is 79.9. The summed E-state index contributed by atoms with van der Waals surface area (Å²) in [5, 5.41) is 0.658. The number of benzene rings is 1. The number of hydrogen-bond donors (Lipinski definition) is 1. The number of nitrogens with zero attached hydrogens (tertiary/aromatic N) is 2. The van der Waals surface area contributed by atoms with Gasteiger partial charge in [0.25, 0.3) is 0 Å². The topological polar surface area (TPSA) is 43.8 Å². The van der Waals surface area contributed by atoms with Crippen LogP contribution in [0.25, 0.3) is 11.0 Å². The summed E-state index contributed by atoms with van der Waals surface area (Å²) in [6.45, 7) is 0. The zero-order valence-corrected chi connectivity index (χ0v) is 13.7. The number of fused-ring (bicyclic) bond motifs is 1. The molecule has 0 amide bonds. The second kappa shape index (κ2) is 5.56. The van der Waals surface area contributed by atoms with Crippen LogP contribution in [-0.2, 0) is 0 Å². The van der Waals surface area contributed by atoms with E-state index in [0.717, 1.165) is 23.9 Å². The van der Waals surface area contributed by atoms with Gasteiger partial charge in [0.05, 0.1) is 15.5 Å². The number of anilines is 1. The maximum absolute atomic E-state index is 13.8. The molecule has 2 atom stereocenters. The molecule has 3 nitrogen and oxygen atoms in total. The van der Waals surface area contributed by atoms with Crippen molar-refractivity contribution in [3.63, 3.8) is 0 Å². The summed E-state index contributed by atoms with van der Waals surface area (Å²) in [7, 11) is 0. The van der Waals surface area contributed by atoms with E-state index in [1.54, 1.807) is 6.07 Å². The Morgan fingerprint density at radius 2 is 2.25 bits per heavy atom. The first-order valence-corrected chi connectivity index (χ1v) is 8.83. The molecule has 20 heavy (non-hydrogen) atoms. The minimum atomic E-state index is -0.268. The van der Waals surface area contributed by atoms with Crippen molar-refractivity contribution in [1.82, 2.24) is 9.55 Å². The number of hydrogen-bond acceptors (Lipinski definition) is 3. The van der Waals surface area contributed by atoms with E-state index in [1.807, 2.05) is 16.3 Å². The van der Waals surface area contributed by atoms with Crippen LogP contribution < -0.4 is 5.73 Å². The first-order valence-electron chi connectivity index (χ1n) is 6.75. The lowest BCUT2D eigenvalue weighted by atomic mass is 9.94. The summed E-state index contributed by atoms with van der Waals surface area (Å²) >= 11 is 5.11. The third-order valence-electron chi connectivity index (χ3n) is 4.06. The molecule has 3 rings (SSSR count). The van der Waals surface area contributed by atoms with Crippen LogP contribution in [0.3, 0.4) is 0 Å². The number of nitrogens with two attached hydrogens (primary N) is 1. The minimum absolute atomic E-state index is 0.268. The molecule has 1 aliphatic rings. The van der Waals surface area contributed by atoms with Crippen LogP contribution in [0.1, 0.15) is 31.7 Å². The molecule has 1 aliphatic carbocycles. The van der Waals surface area contributed by atoms with Crippen molar-refractivity contribution in [2.45, 2.75) is 37.0 Å². The zero-order valence-electron chi connectivity index (χ0n) is 11.3. The highest BCUT2D eigenvalue weighted by Gasteiger charge is 2.26. The summed E-state index contributed by atoms with van der Waals surface area (Å²) in [5.41, 5.74) is 7.63. The van der Waals surface area contributed by atoms with E-state index in [1.165, 1.54) is 18.9 Å². The smallest absolute Gasteiger partial charge is 0.201 e. The predicted octanol–water partition coefficient (Wildman–Crippen LogP) is 4.37. The Morgan fingerprint density at radius 1 is 1.45 bits per heavy atom. The number of imidazole rings is 1. The number of rotatable bonds is 2. The van der Waals surface area contributed by atoms with Crippen molar-refractivity contribution in [2.75, 3.05) is 12.0 Å². The van der Waals surface area contributed by atoms with E-state index in [0.29, 0.717) is 21.7 Å². The van der Waals surface area contributed by atoms with Crippen molar-refractivity contribution in [1.29, 1.82) is 0 Å². The highest BCUT2D eigenvalue weighted by molar-refractivity contribution is 9.10.